The molecule has 0 fully saturated rings. The van der Waals surface area contributed by atoms with Gasteiger partial charge >= 0.3 is 0 Å². The zero-order valence-electron chi connectivity index (χ0n) is 12.4. The highest BCUT2D eigenvalue weighted by Gasteiger charge is 2.22. The molecule has 1 heterocycles. The molecule has 2 aromatic rings. The predicted molar refractivity (Wildman–Crippen MR) is 82.5 cm³/mol. The Morgan fingerprint density at radius 3 is 2.80 bits per heavy atom. The van der Waals surface area contributed by atoms with Crippen molar-refractivity contribution in [2.24, 2.45) is 5.73 Å². The summed E-state index contributed by atoms with van der Waals surface area (Å²) in [6, 6.07) is 7.79. The van der Waals surface area contributed by atoms with Crippen LogP contribution in [0, 0.1) is 0 Å². The van der Waals surface area contributed by atoms with Gasteiger partial charge in [-0.15, -0.1) is 0 Å². The molecule has 20 heavy (non-hydrogen) atoms. The Kier molecular flexibility index (Phi) is 4.45. The first-order chi connectivity index (χ1) is 9.54. The van der Waals surface area contributed by atoms with Crippen molar-refractivity contribution < 1.29 is 4.79 Å². The summed E-state index contributed by atoms with van der Waals surface area (Å²) in [6.45, 7) is 4.11. The number of hydrogen-bond donors (Lipinski definition) is 2. The third kappa shape index (κ3) is 2.85. The number of nitrogens with two attached hydrogens (primary N) is 1. The number of nitrogens with zero attached hydrogens (tertiary/aromatic N) is 1. The maximum absolute atomic E-state index is 12.3. The molecule has 1 amide bonds. The molecular weight excluding hydrogens is 250 g/mol. The van der Waals surface area contributed by atoms with Gasteiger partial charge < -0.3 is 15.6 Å². The quantitative estimate of drug-likeness (QED) is 0.878. The van der Waals surface area contributed by atoms with Crippen LogP contribution in [0.1, 0.15) is 25.8 Å². The number of rotatable bonds is 5. The molecule has 0 bridgehead atoms. The summed E-state index contributed by atoms with van der Waals surface area (Å²) >= 11 is 0. The first-order valence-electron chi connectivity index (χ1n) is 7.11. The van der Waals surface area contributed by atoms with Gasteiger partial charge in [0.25, 0.3) is 0 Å². The topological polar surface area (TPSA) is 62.1 Å². The predicted octanol–water partition coefficient (Wildman–Crippen LogP) is 2.29. The number of carbonyl (C=O) groups is 1. The van der Waals surface area contributed by atoms with Crippen LogP contribution in [0.5, 0.6) is 0 Å². The Balaban J connectivity index is 2.11. The van der Waals surface area contributed by atoms with Crippen LogP contribution in [0.25, 0.3) is 10.9 Å². The lowest BCUT2D eigenvalue weighted by molar-refractivity contribution is -0.133. The van der Waals surface area contributed by atoms with E-state index in [4.69, 9.17) is 5.73 Å². The van der Waals surface area contributed by atoms with Gasteiger partial charge in [0.05, 0.1) is 6.04 Å². The van der Waals surface area contributed by atoms with Gasteiger partial charge in [0.15, 0.2) is 0 Å². The van der Waals surface area contributed by atoms with E-state index in [1.54, 1.807) is 4.90 Å². The van der Waals surface area contributed by atoms with E-state index in [0.717, 1.165) is 22.9 Å². The highest BCUT2D eigenvalue weighted by Crippen LogP contribution is 2.19. The molecule has 0 spiro atoms. The van der Waals surface area contributed by atoms with Crippen LogP contribution in [-0.4, -0.2) is 34.9 Å². The van der Waals surface area contributed by atoms with Gasteiger partial charge in [-0.1, -0.05) is 25.1 Å². The number of carbonyl (C=O) groups excluding carboxylic acids is 1. The summed E-state index contributed by atoms with van der Waals surface area (Å²) in [7, 11) is 1.82. The van der Waals surface area contributed by atoms with Crippen molar-refractivity contribution in [3.05, 3.63) is 36.0 Å². The van der Waals surface area contributed by atoms with Crippen molar-refractivity contribution in [1.82, 2.24) is 9.88 Å². The fourth-order valence-corrected chi connectivity index (χ4v) is 2.38. The van der Waals surface area contributed by atoms with Crippen molar-refractivity contribution in [2.75, 3.05) is 7.05 Å². The normalized spacial score (nSPS) is 14.2. The van der Waals surface area contributed by atoms with Gasteiger partial charge in [0.1, 0.15) is 0 Å². The van der Waals surface area contributed by atoms with E-state index in [9.17, 15) is 4.79 Å². The van der Waals surface area contributed by atoms with Crippen LogP contribution >= 0.6 is 0 Å². The Hall–Kier alpha value is -1.81. The third-order valence-electron chi connectivity index (χ3n) is 4.03. The Morgan fingerprint density at radius 1 is 1.40 bits per heavy atom. The molecule has 0 aliphatic rings. The molecule has 0 saturated heterocycles. The van der Waals surface area contributed by atoms with Crippen LogP contribution in [0.2, 0.25) is 0 Å². The second-order valence-corrected chi connectivity index (χ2v) is 5.38. The molecule has 0 aliphatic heterocycles. The number of aromatic amines is 1. The molecule has 0 aliphatic carbocycles. The minimum atomic E-state index is -0.492. The van der Waals surface area contributed by atoms with Gasteiger partial charge in [-0.3, -0.25) is 4.79 Å². The van der Waals surface area contributed by atoms with E-state index in [-0.39, 0.29) is 11.9 Å². The monoisotopic (exact) mass is 273 g/mol. The summed E-state index contributed by atoms with van der Waals surface area (Å²) in [5.74, 6) is 0.00429. The Labute approximate surface area is 120 Å². The van der Waals surface area contributed by atoms with Gasteiger partial charge in [-0.05, 0) is 31.4 Å². The summed E-state index contributed by atoms with van der Waals surface area (Å²) in [5, 5.41) is 1.14. The van der Waals surface area contributed by atoms with E-state index in [2.05, 4.69) is 18.0 Å². The number of amides is 1. The van der Waals surface area contributed by atoms with Crippen molar-refractivity contribution in [3.63, 3.8) is 0 Å². The fraction of sp³-hybridized carbons (Fsp3) is 0.438. The number of aromatic nitrogens is 1. The SMILES string of the molecule is CCC(C)N(C)C(=O)[C@@H](N)Cc1c[nH]c2ccccc12. The van der Waals surface area contributed by atoms with E-state index >= 15 is 0 Å². The highest BCUT2D eigenvalue weighted by molar-refractivity contribution is 5.86. The molecule has 1 aromatic heterocycles. The second kappa shape index (κ2) is 6.09. The largest absolute Gasteiger partial charge is 0.361 e. The molecule has 1 unspecified atom stereocenters. The molecule has 1 aromatic carbocycles. The first-order valence-corrected chi connectivity index (χ1v) is 7.11. The van der Waals surface area contributed by atoms with E-state index in [0.29, 0.717) is 6.42 Å². The minimum absolute atomic E-state index is 0.00429. The summed E-state index contributed by atoms with van der Waals surface area (Å²) in [4.78, 5) is 17.3. The smallest absolute Gasteiger partial charge is 0.239 e. The van der Waals surface area contributed by atoms with Crippen molar-refractivity contribution >= 4 is 16.8 Å². The lowest BCUT2D eigenvalue weighted by Crippen LogP contribution is -2.46. The Bertz CT molecular complexity index is 590. The second-order valence-electron chi connectivity index (χ2n) is 5.38. The molecule has 3 N–H and O–H groups in total. The van der Waals surface area contributed by atoms with Gasteiger partial charge in [-0.2, -0.15) is 0 Å². The zero-order chi connectivity index (χ0) is 14.7. The lowest BCUT2D eigenvalue weighted by atomic mass is 10.0. The first kappa shape index (κ1) is 14.6. The third-order valence-corrected chi connectivity index (χ3v) is 4.03. The summed E-state index contributed by atoms with van der Waals surface area (Å²) in [6.07, 6.45) is 3.44. The molecule has 4 heteroatoms. The van der Waals surface area contributed by atoms with Gasteiger partial charge in [0.2, 0.25) is 5.91 Å². The van der Waals surface area contributed by atoms with E-state index < -0.39 is 6.04 Å². The fourth-order valence-electron chi connectivity index (χ4n) is 2.38. The summed E-state index contributed by atoms with van der Waals surface area (Å²) in [5.41, 5.74) is 8.27. The van der Waals surface area contributed by atoms with Crippen LogP contribution in [0.3, 0.4) is 0 Å². The average molecular weight is 273 g/mol. The van der Waals surface area contributed by atoms with Gasteiger partial charge in [-0.25, -0.2) is 0 Å². The van der Waals surface area contributed by atoms with Crippen molar-refractivity contribution in [3.8, 4) is 0 Å². The Morgan fingerprint density at radius 2 is 2.10 bits per heavy atom. The van der Waals surface area contributed by atoms with Gasteiger partial charge in [0, 0.05) is 30.2 Å². The number of hydrogen-bond acceptors (Lipinski definition) is 2. The maximum atomic E-state index is 12.3. The molecule has 108 valence electrons. The molecule has 0 radical (unpaired) electrons. The number of likely N-dealkylation sites (N-methyl/N-ethyl adjacent to an activating group) is 1. The van der Waals surface area contributed by atoms with Crippen molar-refractivity contribution in [2.45, 2.75) is 38.8 Å². The van der Waals surface area contributed by atoms with E-state index in [1.807, 2.05) is 38.4 Å². The molecule has 2 atom stereocenters. The number of fused-ring (bicyclic) bond motifs is 1. The maximum Gasteiger partial charge on any atom is 0.239 e. The highest BCUT2D eigenvalue weighted by atomic mass is 16.2. The van der Waals surface area contributed by atoms with Crippen LogP contribution in [0.15, 0.2) is 30.5 Å². The zero-order valence-corrected chi connectivity index (χ0v) is 12.4. The lowest BCUT2D eigenvalue weighted by Gasteiger charge is -2.26. The van der Waals surface area contributed by atoms with E-state index in [1.165, 1.54) is 0 Å². The number of para-hydroxylation sites is 1. The summed E-state index contributed by atoms with van der Waals surface area (Å²) < 4.78 is 0. The average Bonchev–Trinajstić information content (AvgIpc) is 2.88. The van der Waals surface area contributed by atoms with Crippen LogP contribution < -0.4 is 5.73 Å². The molecular formula is C16H23N3O. The minimum Gasteiger partial charge on any atom is -0.361 e. The number of benzene rings is 1. The molecule has 2 rings (SSSR count). The van der Waals surface area contributed by atoms with Crippen molar-refractivity contribution in [1.29, 1.82) is 0 Å². The molecule has 0 saturated carbocycles. The van der Waals surface area contributed by atoms with Crippen LogP contribution in [0.4, 0.5) is 0 Å². The standard InChI is InChI=1S/C16H23N3O/c1-4-11(2)19(3)16(20)14(17)9-12-10-18-15-8-6-5-7-13(12)15/h5-8,10-11,14,18H,4,9,17H2,1-3H3/t11?,14-/m0/s1. The molecule has 4 nitrogen and oxygen atoms in total. The number of nitrogens with one attached hydrogen (secondary N) is 1. The number of H-pyrrole nitrogens is 1. The van der Waals surface area contributed by atoms with Crippen LogP contribution in [-0.2, 0) is 11.2 Å².